The minimum Gasteiger partial charge on any atom is -0.465 e. The van der Waals surface area contributed by atoms with E-state index in [2.05, 4.69) is 9.72 Å². The van der Waals surface area contributed by atoms with Gasteiger partial charge in [-0.25, -0.2) is 9.78 Å². The van der Waals surface area contributed by atoms with Crippen LogP contribution < -0.4 is 5.56 Å². The van der Waals surface area contributed by atoms with Gasteiger partial charge in [0.1, 0.15) is 11.5 Å². The first kappa shape index (κ1) is 13.2. The smallest absolute Gasteiger partial charge is 0.349 e. The lowest BCUT2D eigenvalue weighted by Crippen LogP contribution is -2.14. The average molecular weight is 282 g/mol. The van der Waals surface area contributed by atoms with Gasteiger partial charge in [0.15, 0.2) is 4.96 Å². The van der Waals surface area contributed by atoms with Crippen molar-refractivity contribution in [2.45, 2.75) is 13.5 Å². The Morgan fingerprint density at radius 1 is 1.47 bits per heavy atom. The Hall–Kier alpha value is -2.22. The van der Waals surface area contributed by atoms with E-state index in [4.69, 9.17) is 4.74 Å². The Bertz CT molecular complexity index is 703. The molecule has 0 aromatic carbocycles. The molecule has 0 radical (unpaired) electrons. The summed E-state index contributed by atoms with van der Waals surface area (Å²) in [6.07, 6.45) is 1.37. The molecule has 2 aromatic rings. The molecule has 0 aliphatic carbocycles. The van der Waals surface area contributed by atoms with E-state index in [9.17, 15) is 14.4 Å². The Morgan fingerprint density at radius 3 is 2.84 bits per heavy atom. The predicted octanol–water partition coefficient (Wildman–Crippen LogP) is 0.606. The van der Waals surface area contributed by atoms with Crippen LogP contribution in [0.1, 0.15) is 22.3 Å². The Balaban J connectivity index is 2.42. The van der Waals surface area contributed by atoms with Gasteiger partial charge in [-0.3, -0.25) is 14.0 Å². The molecule has 0 aliphatic heterocycles. The molecule has 0 bridgehead atoms. The first-order valence-corrected chi connectivity index (χ1v) is 6.06. The summed E-state index contributed by atoms with van der Waals surface area (Å²) in [5, 5.41) is 0. The largest absolute Gasteiger partial charge is 0.465 e. The van der Waals surface area contributed by atoms with Crippen LogP contribution in [0.5, 0.6) is 0 Å². The van der Waals surface area contributed by atoms with Crippen LogP contribution in [0.15, 0.2) is 17.1 Å². The van der Waals surface area contributed by atoms with Gasteiger partial charge in [-0.05, 0) is 0 Å². The molecule has 2 aromatic heterocycles. The first-order chi connectivity index (χ1) is 9.01. The molecule has 8 heteroatoms. The molecular weight excluding hydrogens is 272 g/mol. The fourth-order valence-electron chi connectivity index (χ4n) is 1.39. The number of fused-ring (bicyclic) bond motifs is 1. The van der Waals surface area contributed by atoms with Crippen LogP contribution in [0.2, 0.25) is 0 Å². The summed E-state index contributed by atoms with van der Waals surface area (Å²) in [4.78, 5) is 38.6. The zero-order valence-electron chi connectivity index (χ0n) is 10.2. The molecule has 0 N–H and O–H groups in total. The lowest BCUT2D eigenvalue weighted by molar-refractivity contribution is -0.142. The summed E-state index contributed by atoms with van der Waals surface area (Å²) in [6, 6.07) is 1.25. The molecule has 0 fully saturated rings. The van der Waals surface area contributed by atoms with Crippen LogP contribution in [0.4, 0.5) is 0 Å². The summed E-state index contributed by atoms with van der Waals surface area (Å²) >= 11 is 1.03. The van der Waals surface area contributed by atoms with Gasteiger partial charge in [0.2, 0.25) is 0 Å². The number of aromatic nitrogens is 2. The van der Waals surface area contributed by atoms with E-state index in [0.717, 1.165) is 11.3 Å². The number of carbonyl (C=O) groups excluding carboxylic acids is 2. The van der Waals surface area contributed by atoms with Crippen LogP contribution >= 0.6 is 11.3 Å². The third-order valence-electron chi connectivity index (χ3n) is 2.23. The maximum Gasteiger partial charge on any atom is 0.349 e. The van der Waals surface area contributed by atoms with Gasteiger partial charge in [-0.2, -0.15) is 0 Å². The summed E-state index contributed by atoms with van der Waals surface area (Å²) in [5.41, 5.74) is -0.0166. The van der Waals surface area contributed by atoms with Crippen LogP contribution in [0.25, 0.3) is 4.96 Å². The van der Waals surface area contributed by atoms with Crippen molar-refractivity contribution in [3.8, 4) is 0 Å². The van der Waals surface area contributed by atoms with Gasteiger partial charge >= 0.3 is 11.9 Å². The van der Waals surface area contributed by atoms with Crippen molar-refractivity contribution in [3.63, 3.8) is 0 Å². The average Bonchev–Trinajstić information content (AvgIpc) is 2.80. The van der Waals surface area contributed by atoms with Gasteiger partial charge in [0, 0.05) is 19.2 Å². The van der Waals surface area contributed by atoms with Crippen LogP contribution in [0, 0.1) is 0 Å². The number of esters is 2. The monoisotopic (exact) mass is 282 g/mol. The number of rotatable bonds is 3. The third-order valence-corrected chi connectivity index (χ3v) is 3.19. The zero-order valence-corrected chi connectivity index (χ0v) is 11.0. The predicted molar refractivity (Wildman–Crippen MR) is 66.1 cm³/mol. The van der Waals surface area contributed by atoms with Gasteiger partial charge in [-0.15, -0.1) is 0 Å². The van der Waals surface area contributed by atoms with Crippen molar-refractivity contribution in [1.82, 2.24) is 9.38 Å². The van der Waals surface area contributed by atoms with E-state index in [1.807, 2.05) is 0 Å². The fraction of sp³-hybridized carbons (Fsp3) is 0.273. The molecule has 0 aliphatic rings. The summed E-state index contributed by atoms with van der Waals surface area (Å²) in [7, 11) is 1.26. The molecule has 100 valence electrons. The normalized spacial score (nSPS) is 10.4. The highest BCUT2D eigenvalue weighted by molar-refractivity contribution is 7.18. The van der Waals surface area contributed by atoms with Gasteiger partial charge < -0.3 is 9.47 Å². The molecule has 0 amide bonds. The van der Waals surface area contributed by atoms with Gasteiger partial charge in [-0.1, -0.05) is 11.3 Å². The highest BCUT2D eigenvalue weighted by Crippen LogP contribution is 2.15. The number of hydrogen-bond acceptors (Lipinski definition) is 7. The standard InChI is InChI=1S/C11H10N2O5S/c1-6(14)18-5-7-3-9(15)13-4-8(10(16)17-2)19-11(13)12-7/h3-4H,5H2,1-2H3. The van der Waals surface area contributed by atoms with Crippen LogP contribution in [-0.4, -0.2) is 28.4 Å². The van der Waals surface area contributed by atoms with E-state index in [1.54, 1.807) is 0 Å². The van der Waals surface area contributed by atoms with Crippen molar-refractivity contribution >= 4 is 28.2 Å². The zero-order chi connectivity index (χ0) is 14.0. The first-order valence-electron chi connectivity index (χ1n) is 5.25. The lowest BCUT2D eigenvalue weighted by Gasteiger charge is -2.00. The Labute approximate surface area is 111 Å². The third kappa shape index (κ3) is 2.79. The van der Waals surface area contributed by atoms with Crippen molar-refractivity contribution < 1.29 is 19.1 Å². The molecule has 2 rings (SSSR count). The molecule has 0 atom stereocenters. The number of carbonyl (C=O) groups is 2. The summed E-state index contributed by atoms with van der Waals surface area (Å²) < 4.78 is 10.6. The SMILES string of the molecule is COC(=O)c1cn2c(=O)cc(COC(C)=O)nc2s1. The second kappa shape index (κ2) is 5.19. The number of hydrogen-bond donors (Lipinski definition) is 0. The molecule has 0 unspecified atom stereocenters. The summed E-state index contributed by atoms with van der Waals surface area (Å²) in [6.45, 7) is 1.19. The maximum atomic E-state index is 11.8. The maximum absolute atomic E-state index is 11.8. The topological polar surface area (TPSA) is 87.0 Å². The molecule has 0 spiro atoms. The number of thiazole rings is 1. The molecule has 19 heavy (non-hydrogen) atoms. The van der Waals surface area contributed by atoms with E-state index >= 15 is 0 Å². The molecule has 0 saturated carbocycles. The second-order valence-electron chi connectivity index (χ2n) is 3.61. The van der Waals surface area contributed by atoms with Crippen molar-refractivity contribution in [2.75, 3.05) is 7.11 Å². The van der Waals surface area contributed by atoms with E-state index in [1.165, 1.54) is 30.7 Å². The molecule has 2 heterocycles. The highest BCUT2D eigenvalue weighted by Gasteiger charge is 2.13. The minimum absolute atomic E-state index is 0.0769. The van der Waals surface area contributed by atoms with Crippen LogP contribution in [0.3, 0.4) is 0 Å². The molecular formula is C11H10N2O5S. The van der Waals surface area contributed by atoms with Gasteiger partial charge in [0.25, 0.3) is 5.56 Å². The molecule has 0 saturated heterocycles. The van der Waals surface area contributed by atoms with Gasteiger partial charge in [0.05, 0.1) is 12.8 Å². The lowest BCUT2D eigenvalue weighted by atomic mass is 10.4. The number of nitrogens with zero attached hydrogens (tertiary/aromatic N) is 2. The Morgan fingerprint density at radius 2 is 2.21 bits per heavy atom. The minimum atomic E-state index is -0.531. The highest BCUT2D eigenvalue weighted by atomic mass is 32.1. The Kier molecular flexibility index (Phi) is 3.61. The summed E-state index contributed by atoms with van der Waals surface area (Å²) in [5.74, 6) is -0.986. The molecule has 7 nitrogen and oxygen atoms in total. The number of methoxy groups -OCH3 is 1. The number of ether oxygens (including phenoxy) is 2. The fourth-order valence-corrected chi connectivity index (χ4v) is 2.32. The van der Waals surface area contributed by atoms with Crippen molar-refractivity contribution in [2.24, 2.45) is 0 Å². The quantitative estimate of drug-likeness (QED) is 0.766. The van der Waals surface area contributed by atoms with Crippen molar-refractivity contribution in [3.05, 3.63) is 33.2 Å². The van der Waals surface area contributed by atoms with E-state index < -0.39 is 11.9 Å². The second-order valence-corrected chi connectivity index (χ2v) is 4.61. The van der Waals surface area contributed by atoms with Crippen LogP contribution in [-0.2, 0) is 20.9 Å². The van der Waals surface area contributed by atoms with E-state index in [0.29, 0.717) is 10.7 Å². The van der Waals surface area contributed by atoms with E-state index in [-0.39, 0.29) is 17.0 Å². The van der Waals surface area contributed by atoms with Crippen molar-refractivity contribution in [1.29, 1.82) is 0 Å².